The number of aromatic nitrogens is 4. The van der Waals surface area contributed by atoms with Gasteiger partial charge in [0.15, 0.2) is 0 Å². The zero-order chi connectivity index (χ0) is 18.0. The largest absolute Gasteiger partial charge is 0.467 e. The second-order valence-corrected chi connectivity index (χ2v) is 6.82. The molecule has 0 saturated heterocycles. The molecular formula is C14H9FN4O5S. The molecular weight excluding hydrogens is 355 g/mol. The van der Waals surface area contributed by atoms with Crippen LogP contribution in [-0.2, 0) is 21.1 Å². The fourth-order valence-corrected chi connectivity index (χ4v) is 3.19. The lowest BCUT2D eigenvalue weighted by molar-refractivity contribution is -0.114. The molecule has 25 heavy (non-hydrogen) atoms. The monoisotopic (exact) mass is 364 g/mol. The number of hydrogen-bond donors (Lipinski definition) is 1. The summed E-state index contributed by atoms with van der Waals surface area (Å²) in [6.07, 6.45) is 0.479. The average molecular weight is 364 g/mol. The van der Waals surface area contributed by atoms with Gasteiger partial charge >= 0.3 is 0 Å². The molecule has 9 nitrogen and oxygen atoms in total. The molecule has 128 valence electrons. The van der Waals surface area contributed by atoms with Crippen LogP contribution in [-0.4, -0.2) is 40.6 Å². The first-order valence-corrected chi connectivity index (χ1v) is 8.25. The summed E-state index contributed by atoms with van der Waals surface area (Å²) in [5.41, 5.74) is 0. The molecule has 3 rings (SSSR count). The van der Waals surface area contributed by atoms with Gasteiger partial charge in [-0.15, -0.1) is 10.2 Å². The summed E-state index contributed by atoms with van der Waals surface area (Å²) in [6, 6.07) is 5.38. The first-order chi connectivity index (χ1) is 11.9. The number of H-pyrrole nitrogens is 1. The molecule has 0 spiro atoms. The predicted octanol–water partition coefficient (Wildman–Crippen LogP) is 0.759. The Morgan fingerprint density at radius 2 is 1.88 bits per heavy atom. The highest BCUT2D eigenvalue weighted by Crippen LogP contribution is 2.23. The number of carbonyl (C=O) groups is 2. The highest BCUT2D eigenvalue weighted by molar-refractivity contribution is 7.91. The minimum absolute atomic E-state index is 0.0254. The molecule has 0 atom stereocenters. The van der Waals surface area contributed by atoms with Crippen molar-refractivity contribution < 1.29 is 26.8 Å². The molecule has 0 radical (unpaired) electrons. The number of ketones is 2. The molecule has 2 heterocycles. The fourth-order valence-electron chi connectivity index (χ4n) is 1.97. The van der Waals surface area contributed by atoms with Crippen LogP contribution in [0.15, 0.2) is 50.8 Å². The van der Waals surface area contributed by atoms with Gasteiger partial charge in [0.1, 0.15) is 22.7 Å². The van der Waals surface area contributed by atoms with E-state index in [1.807, 2.05) is 0 Å². The van der Waals surface area contributed by atoms with Gasteiger partial charge in [-0.1, -0.05) is 0 Å². The van der Waals surface area contributed by atoms with Crippen LogP contribution in [0.1, 0.15) is 16.4 Å². The minimum atomic E-state index is -3.93. The van der Waals surface area contributed by atoms with E-state index in [2.05, 4.69) is 20.6 Å². The first kappa shape index (κ1) is 16.6. The number of aromatic amines is 1. The lowest BCUT2D eigenvalue weighted by atomic mass is 10.1. The Bertz CT molecular complexity index is 1030. The van der Waals surface area contributed by atoms with Crippen molar-refractivity contribution in [2.24, 2.45) is 0 Å². The Kier molecular flexibility index (Phi) is 4.23. The average Bonchev–Trinajstić information content (AvgIpc) is 3.26. The number of nitrogens with one attached hydrogen (secondary N) is 1. The first-order valence-electron chi connectivity index (χ1n) is 6.77. The highest BCUT2D eigenvalue weighted by Gasteiger charge is 2.25. The second kappa shape index (κ2) is 6.36. The zero-order valence-electron chi connectivity index (χ0n) is 12.3. The normalized spacial score (nSPS) is 11.4. The van der Waals surface area contributed by atoms with Crippen LogP contribution < -0.4 is 0 Å². The number of hydrogen-bond acceptors (Lipinski definition) is 8. The van der Waals surface area contributed by atoms with Crippen molar-refractivity contribution >= 4 is 21.4 Å². The third-order valence-corrected chi connectivity index (χ3v) is 4.93. The molecule has 0 saturated carbocycles. The summed E-state index contributed by atoms with van der Waals surface area (Å²) in [7, 11) is -3.93. The topological polar surface area (TPSA) is 136 Å². The van der Waals surface area contributed by atoms with E-state index in [4.69, 9.17) is 4.42 Å². The van der Waals surface area contributed by atoms with Gasteiger partial charge in [0.2, 0.25) is 21.4 Å². The maximum absolute atomic E-state index is 12.9. The van der Waals surface area contributed by atoms with E-state index < -0.39 is 39.5 Å². The Hall–Kier alpha value is -3.21. The van der Waals surface area contributed by atoms with Crippen molar-refractivity contribution in [2.45, 2.75) is 16.2 Å². The van der Waals surface area contributed by atoms with Crippen molar-refractivity contribution in [2.75, 3.05) is 0 Å². The van der Waals surface area contributed by atoms with Crippen molar-refractivity contribution in [3.8, 4) is 0 Å². The second-order valence-electron chi connectivity index (χ2n) is 4.87. The number of carbonyl (C=O) groups excluding carboxylic acids is 2. The zero-order valence-corrected chi connectivity index (χ0v) is 13.2. The Morgan fingerprint density at radius 1 is 1.16 bits per heavy atom. The number of halogens is 1. The van der Waals surface area contributed by atoms with E-state index in [0.717, 1.165) is 36.6 Å². The van der Waals surface area contributed by atoms with Crippen LogP contribution in [0.5, 0.6) is 0 Å². The molecule has 2 aromatic heterocycles. The minimum Gasteiger partial charge on any atom is -0.467 e. The summed E-state index contributed by atoms with van der Waals surface area (Å²) in [6.45, 7) is 0. The lowest BCUT2D eigenvalue weighted by Gasteiger charge is -2.00. The molecule has 11 heteroatoms. The van der Waals surface area contributed by atoms with Crippen LogP contribution in [0.4, 0.5) is 4.39 Å². The number of Topliss-reactive ketones (excluding diaryl/α,β-unsaturated/α-hetero) is 2. The molecule has 0 aliphatic rings. The maximum Gasteiger partial charge on any atom is 0.269 e. The van der Waals surface area contributed by atoms with E-state index in [0.29, 0.717) is 0 Å². The number of benzene rings is 1. The van der Waals surface area contributed by atoms with Gasteiger partial charge in [0, 0.05) is 0 Å². The number of furan rings is 1. The van der Waals surface area contributed by atoms with Gasteiger partial charge in [-0.3, -0.25) is 9.59 Å². The number of rotatable bonds is 6. The molecule has 0 bridgehead atoms. The molecule has 1 aromatic carbocycles. The van der Waals surface area contributed by atoms with Crippen LogP contribution in [0.2, 0.25) is 0 Å². The third-order valence-electron chi connectivity index (χ3n) is 3.20. The highest BCUT2D eigenvalue weighted by atomic mass is 32.2. The van der Waals surface area contributed by atoms with Crippen LogP contribution in [0.3, 0.4) is 0 Å². The number of sulfone groups is 1. The van der Waals surface area contributed by atoms with Crippen LogP contribution >= 0.6 is 0 Å². The van der Waals surface area contributed by atoms with E-state index in [-0.39, 0.29) is 15.6 Å². The molecule has 0 fully saturated rings. The van der Waals surface area contributed by atoms with Crippen molar-refractivity contribution in [1.29, 1.82) is 0 Å². The predicted molar refractivity (Wildman–Crippen MR) is 77.8 cm³/mol. The summed E-state index contributed by atoms with van der Waals surface area (Å²) in [5.74, 6) is -2.86. The summed E-state index contributed by atoms with van der Waals surface area (Å²) < 4.78 is 42.8. The van der Waals surface area contributed by atoms with Crippen LogP contribution in [0, 0.1) is 5.82 Å². The van der Waals surface area contributed by atoms with E-state index >= 15 is 0 Å². The van der Waals surface area contributed by atoms with Crippen molar-refractivity contribution in [3.05, 3.63) is 54.0 Å². The fraction of sp³-hybridized carbons (Fsp3) is 0.0714. The van der Waals surface area contributed by atoms with E-state index in [1.165, 1.54) is 0 Å². The van der Waals surface area contributed by atoms with Gasteiger partial charge in [0.25, 0.3) is 5.78 Å². The third kappa shape index (κ3) is 3.35. The van der Waals surface area contributed by atoms with E-state index in [9.17, 15) is 22.4 Å². The summed E-state index contributed by atoms with van der Waals surface area (Å²) in [5, 5.41) is 12.0. The Balaban J connectivity index is 1.79. The van der Waals surface area contributed by atoms with E-state index in [1.54, 1.807) is 0 Å². The summed E-state index contributed by atoms with van der Waals surface area (Å²) in [4.78, 5) is 23.2. The van der Waals surface area contributed by atoms with Gasteiger partial charge in [-0.2, -0.15) is 5.21 Å². The molecule has 1 N–H and O–H groups in total. The van der Waals surface area contributed by atoms with Crippen molar-refractivity contribution in [3.63, 3.8) is 0 Å². The number of nitrogens with zero attached hydrogens (tertiary/aromatic N) is 3. The van der Waals surface area contributed by atoms with Gasteiger partial charge < -0.3 is 4.42 Å². The molecule has 0 aliphatic carbocycles. The van der Waals surface area contributed by atoms with Crippen LogP contribution in [0.25, 0.3) is 0 Å². The SMILES string of the molecule is O=C(Cc1cc(S(=O)(=O)c2ccc(F)cc2)co1)C(=O)c1nn[nH]n1. The molecule has 0 amide bonds. The molecule has 0 aliphatic heterocycles. The maximum atomic E-state index is 12.9. The van der Waals surface area contributed by atoms with Gasteiger partial charge in [-0.05, 0) is 35.5 Å². The number of tetrazole rings is 1. The lowest BCUT2D eigenvalue weighted by Crippen LogP contribution is -2.18. The Labute approximate surface area is 139 Å². The Morgan fingerprint density at radius 3 is 2.52 bits per heavy atom. The summed E-state index contributed by atoms with van der Waals surface area (Å²) >= 11 is 0. The smallest absolute Gasteiger partial charge is 0.269 e. The molecule has 3 aromatic rings. The quantitative estimate of drug-likeness (QED) is 0.385. The molecule has 0 unspecified atom stereocenters. The van der Waals surface area contributed by atoms with Crippen molar-refractivity contribution in [1.82, 2.24) is 20.6 Å². The standard InChI is InChI=1S/C14H9FN4O5S/c15-8-1-3-10(4-2-8)25(22,23)11-5-9(24-7-11)6-12(20)13(21)14-16-18-19-17-14/h1-5,7H,6H2,(H,16,17,18,19). The van der Waals surface area contributed by atoms with Gasteiger partial charge in [-0.25, -0.2) is 12.8 Å². The van der Waals surface area contributed by atoms with Gasteiger partial charge in [0.05, 0.1) is 11.3 Å².